The second-order valence-electron chi connectivity index (χ2n) is 7.55. The van der Waals surface area contributed by atoms with Gasteiger partial charge in [0.2, 0.25) is 0 Å². The number of hydrogen-bond acceptors (Lipinski definition) is 7. The van der Waals surface area contributed by atoms with E-state index in [9.17, 15) is 17.2 Å². The van der Waals surface area contributed by atoms with Crippen molar-refractivity contribution in [1.29, 1.82) is 0 Å². The van der Waals surface area contributed by atoms with Crippen LogP contribution in [0.2, 0.25) is 0 Å². The highest BCUT2D eigenvalue weighted by molar-refractivity contribution is 7.92. The van der Waals surface area contributed by atoms with Crippen molar-refractivity contribution in [2.24, 2.45) is 0 Å². The summed E-state index contributed by atoms with van der Waals surface area (Å²) in [6, 6.07) is 8.04. The van der Waals surface area contributed by atoms with Crippen LogP contribution in [0.3, 0.4) is 0 Å². The van der Waals surface area contributed by atoms with Crippen LogP contribution in [-0.2, 0) is 27.9 Å². The molecule has 3 aromatic rings. The molecule has 0 saturated carbocycles. The topological polar surface area (TPSA) is 112 Å². The summed E-state index contributed by atoms with van der Waals surface area (Å²) in [6.45, 7) is 5.10. The van der Waals surface area contributed by atoms with Crippen molar-refractivity contribution in [3.8, 4) is 0 Å². The Labute approximate surface area is 200 Å². The van der Waals surface area contributed by atoms with Crippen molar-refractivity contribution < 1.29 is 27.1 Å². The quantitative estimate of drug-likeness (QED) is 0.392. The van der Waals surface area contributed by atoms with Crippen LogP contribution in [0.25, 0.3) is 0 Å². The molecule has 2 aromatic carbocycles. The number of anilines is 2. The summed E-state index contributed by atoms with van der Waals surface area (Å²) in [4.78, 5) is 13.5. The van der Waals surface area contributed by atoms with Gasteiger partial charge in [-0.15, -0.1) is 11.3 Å². The van der Waals surface area contributed by atoms with Crippen molar-refractivity contribution in [2.45, 2.75) is 31.3 Å². The second kappa shape index (κ2) is 11.4. The Bertz CT molecular complexity index is 1210. The zero-order chi connectivity index (χ0) is 24.7. The number of carbonyl (C=O) groups is 1. The zero-order valence-electron chi connectivity index (χ0n) is 18.3. The fourth-order valence-electron chi connectivity index (χ4n) is 3.51. The fraction of sp³-hybridized carbons (Fsp3) is 0.273. The van der Waals surface area contributed by atoms with E-state index < -0.39 is 26.6 Å². The molecule has 1 saturated heterocycles. The van der Waals surface area contributed by atoms with Gasteiger partial charge < -0.3 is 10.4 Å². The zero-order valence-corrected chi connectivity index (χ0v) is 19.9. The molecule has 2 heterocycles. The molecule has 4 rings (SSSR count). The smallest absolute Gasteiger partial charge is 0.290 e. The molecule has 34 heavy (non-hydrogen) atoms. The van der Waals surface area contributed by atoms with Gasteiger partial charge in [0.15, 0.2) is 10.7 Å². The Morgan fingerprint density at radius 1 is 1.24 bits per heavy atom. The predicted octanol–water partition coefficient (Wildman–Crippen LogP) is 4.05. The lowest BCUT2D eigenvalue weighted by Gasteiger charge is -2.31. The van der Waals surface area contributed by atoms with Gasteiger partial charge in [-0.1, -0.05) is 18.2 Å². The number of halogens is 2. The first-order chi connectivity index (χ1) is 16.2. The number of benzene rings is 2. The van der Waals surface area contributed by atoms with Gasteiger partial charge in [0.05, 0.1) is 5.51 Å². The van der Waals surface area contributed by atoms with Gasteiger partial charge in [-0.2, -0.15) is 0 Å². The van der Waals surface area contributed by atoms with Gasteiger partial charge >= 0.3 is 0 Å². The summed E-state index contributed by atoms with van der Waals surface area (Å²) in [7, 11) is -4.44. The largest absolute Gasteiger partial charge is 0.483 e. The average molecular weight is 511 g/mol. The number of aryl methyl sites for hydroxylation is 1. The van der Waals surface area contributed by atoms with Crippen LogP contribution in [-0.4, -0.2) is 43.0 Å². The molecule has 0 aliphatic carbocycles. The van der Waals surface area contributed by atoms with Gasteiger partial charge in [-0.05, 0) is 55.3 Å². The van der Waals surface area contributed by atoms with Crippen molar-refractivity contribution in [3.05, 3.63) is 69.5 Å². The van der Waals surface area contributed by atoms with E-state index in [0.717, 1.165) is 54.2 Å². The minimum atomic E-state index is -4.44. The van der Waals surface area contributed by atoms with Gasteiger partial charge in [0, 0.05) is 24.2 Å². The highest BCUT2D eigenvalue weighted by Crippen LogP contribution is 2.27. The Morgan fingerprint density at radius 2 is 1.91 bits per heavy atom. The lowest BCUT2D eigenvalue weighted by Crippen LogP contribution is -2.36. The lowest BCUT2D eigenvalue weighted by atomic mass is 10.00. The van der Waals surface area contributed by atoms with Crippen LogP contribution >= 0.6 is 11.3 Å². The van der Waals surface area contributed by atoms with Crippen LogP contribution in [0, 0.1) is 18.6 Å². The summed E-state index contributed by atoms with van der Waals surface area (Å²) >= 11 is 1.16. The summed E-state index contributed by atoms with van der Waals surface area (Å²) in [5, 5.41) is 11.4. The highest BCUT2D eigenvalue weighted by Gasteiger charge is 2.26. The van der Waals surface area contributed by atoms with Gasteiger partial charge in [0.25, 0.3) is 16.5 Å². The number of carboxylic acid groups (broad SMARTS) is 1. The molecule has 0 unspecified atom stereocenters. The maximum atomic E-state index is 14.6. The highest BCUT2D eigenvalue weighted by atomic mass is 32.2. The number of nitrogens with one attached hydrogen (secondary N) is 2. The number of likely N-dealkylation sites (tertiary alicyclic amines) is 1. The molecule has 1 fully saturated rings. The number of thiazole rings is 1. The van der Waals surface area contributed by atoms with Gasteiger partial charge in [-0.3, -0.25) is 14.4 Å². The van der Waals surface area contributed by atoms with E-state index in [2.05, 4.69) is 26.0 Å². The number of sulfonamides is 1. The van der Waals surface area contributed by atoms with Crippen LogP contribution in [0.4, 0.5) is 20.3 Å². The van der Waals surface area contributed by atoms with Crippen molar-refractivity contribution >= 4 is 39.3 Å². The Hall–Kier alpha value is -3.09. The standard InChI is InChI=1S/C21H22F2N4O2S2.CH2O2/c1-14-4-2-5-15(11-27-6-3-7-27)17(14)10-24-16-8-18(22)21(19(23)9-16)31(28,29)26-20-12-30-13-25-20;2-1-3/h2,4-5,8-9,12-13,24,26H,3,6-7,10-11H2,1H3;1H,(H,2,3). The molecule has 0 bridgehead atoms. The molecule has 1 aliphatic rings. The minimum Gasteiger partial charge on any atom is -0.483 e. The predicted molar refractivity (Wildman–Crippen MR) is 126 cm³/mol. The van der Waals surface area contributed by atoms with Gasteiger partial charge in [0.1, 0.15) is 11.6 Å². The molecule has 0 amide bonds. The summed E-state index contributed by atoms with van der Waals surface area (Å²) < 4.78 is 56.1. The van der Waals surface area contributed by atoms with Crippen LogP contribution in [0.1, 0.15) is 23.1 Å². The molecule has 3 N–H and O–H groups in total. The monoisotopic (exact) mass is 510 g/mol. The molecule has 0 spiro atoms. The molecular formula is C22H24F2N4O4S2. The Balaban J connectivity index is 0.00000103. The Kier molecular flexibility index (Phi) is 8.53. The summed E-state index contributed by atoms with van der Waals surface area (Å²) in [5.41, 5.74) is 4.90. The van der Waals surface area contributed by atoms with Crippen LogP contribution in [0.5, 0.6) is 0 Å². The molecule has 8 nitrogen and oxygen atoms in total. The molecule has 1 aliphatic heterocycles. The maximum absolute atomic E-state index is 14.6. The van der Waals surface area contributed by atoms with Crippen molar-refractivity contribution in [1.82, 2.24) is 9.88 Å². The summed E-state index contributed by atoms with van der Waals surface area (Å²) in [6.07, 6.45) is 1.20. The number of nitrogens with zero attached hydrogens (tertiary/aromatic N) is 2. The lowest BCUT2D eigenvalue weighted by molar-refractivity contribution is -0.122. The van der Waals surface area contributed by atoms with E-state index in [1.165, 1.54) is 22.9 Å². The fourth-order valence-corrected chi connectivity index (χ4v) is 5.18. The first-order valence-corrected chi connectivity index (χ1v) is 12.7. The number of aromatic nitrogens is 1. The molecule has 182 valence electrons. The van der Waals surface area contributed by atoms with E-state index in [4.69, 9.17) is 9.90 Å². The van der Waals surface area contributed by atoms with E-state index in [-0.39, 0.29) is 18.0 Å². The van der Waals surface area contributed by atoms with Crippen molar-refractivity contribution in [2.75, 3.05) is 23.1 Å². The third-order valence-corrected chi connectivity index (χ3v) is 7.25. The molecule has 0 radical (unpaired) electrons. The molecule has 0 atom stereocenters. The van der Waals surface area contributed by atoms with E-state index in [1.807, 2.05) is 19.1 Å². The second-order valence-corrected chi connectivity index (χ2v) is 9.89. The summed E-state index contributed by atoms with van der Waals surface area (Å²) in [5.74, 6) is -2.33. The average Bonchev–Trinajstić information content (AvgIpc) is 3.22. The third kappa shape index (κ3) is 6.27. The van der Waals surface area contributed by atoms with E-state index in [0.29, 0.717) is 6.54 Å². The van der Waals surface area contributed by atoms with E-state index >= 15 is 0 Å². The number of hydrogen-bond donors (Lipinski definition) is 3. The third-order valence-electron chi connectivity index (χ3n) is 5.26. The van der Waals surface area contributed by atoms with Crippen LogP contribution in [0.15, 0.2) is 46.1 Å². The first-order valence-electron chi connectivity index (χ1n) is 10.3. The molecule has 12 heteroatoms. The maximum Gasteiger partial charge on any atom is 0.290 e. The Morgan fingerprint density at radius 3 is 2.47 bits per heavy atom. The normalized spacial score (nSPS) is 13.4. The SMILES string of the molecule is Cc1cccc(CN2CCC2)c1CNc1cc(F)c(S(=O)(=O)Nc2cscn2)c(F)c1.O=CO. The number of rotatable bonds is 8. The molecule has 1 aromatic heterocycles. The van der Waals surface area contributed by atoms with E-state index in [1.54, 1.807) is 0 Å². The molecular weight excluding hydrogens is 486 g/mol. The minimum absolute atomic E-state index is 0.0142. The van der Waals surface area contributed by atoms with Crippen molar-refractivity contribution in [3.63, 3.8) is 0 Å². The first kappa shape index (κ1) is 25.5. The van der Waals surface area contributed by atoms with Crippen LogP contribution < -0.4 is 10.0 Å². The van der Waals surface area contributed by atoms with Gasteiger partial charge in [-0.25, -0.2) is 22.2 Å².